The fourth-order valence-corrected chi connectivity index (χ4v) is 2.87. The summed E-state index contributed by atoms with van der Waals surface area (Å²) in [5.74, 6) is 1.38. The van der Waals surface area contributed by atoms with Crippen molar-refractivity contribution in [3.63, 3.8) is 0 Å². The van der Waals surface area contributed by atoms with Gasteiger partial charge in [-0.1, -0.05) is 39.0 Å². The van der Waals surface area contributed by atoms with Gasteiger partial charge in [-0.25, -0.2) is 0 Å². The van der Waals surface area contributed by atoms with Crippen LogP contribution < -0.4 is 5.73 Å². The second-order valence-corrected chi connectivity index (χ2v) is 5.31. The summed E-state index contributed by atoms with van der Waals surface area (Å²) in [5, 5.41) is 2.24. The van der Waals surface area contributed by atoms with E-state index in [-0.39, 0.29) is 5.50 Å². The molecule has 0 saturated carbocycles. The lowest BCUT2D eigenvalue weighted by atomic mass is 9.88. The molecule has 0 aliphatic carbocycles. The minimum absolute atomic E-state index is 0.128. The van der Waals surface area contributed by atoms with Gasteiger partial charge in [-0.2, -0.15) is 0 Å². The summed E-state index contributed by atoms with van der Waals surface area (Å²) in [6.07, 6.45) is 2.51. The predicted molar refractivity (Wildman–Crippen MR) is 64.6 cm³/mol. The van der Waals surface area contributed by atoms with E-state index in [9.17, 15) is 0 Å². The second-order valence-electron chi connectivity index (χ2n) is 4.32. The van der Waals surface area contributed by atoms with Crippen molar-refractivity contribution in [3.8, 4) is 0 Å². The van der Waals surface area contributed by atoms with E-state index in [1.54, 1.807) is 11.8 Å². The van der Waals surface area contributed by atoms with Gasteiger partial charge < -0.3 is 10.6 Å². The Morgan fingerprint density at radius 3 is 2.57 bits per heavy atom. The molecule has 82 valence electrons. The molecule has 14 heavy (non-hydrogen) atoms. The van der Waals surface area contributed by atoms with Gasteiger partial charge in [0.05, 0.1) is 0 Å². The lowest BCUT2D eigenvalue weighted by Gasteiger charge is -2.29. The third kappa shape index (κ3) is 2.45. The summed E-state index contributed by atoms with van der Waals surface area (Å²) < 4.78 is 0. The van der Waals surface area contributed by atoms with Gasteiger partial charge in [0.15, 0.2) is 0 Å². The van der Waals surface area contributed by atoms with Gasteiger partial charge in [-0.05, 0) is 17.7 Å². The van der Waals surface area contributed by atoms with Crippen molar-refractivity contribution in [2.75, 3.05) is 7.05 Å². The quantitative estimate of drug-likeness (QED) is 0.780. The Hall–Kier alpha value is -0.150. The molecular formula is C11H22N2S. The third-order valence-corrected chi connectivity index (χ3v) is 3.87. The lowest BCUT2D eigenvalue weighted by Crippen LogP contribution is -2.34. The minimum atomic E-state index is 0.128. The van der Waals surface area contributed by atoms with Crippen LogP contribution in [0, 0.1) is 11.8 Å². The first kappa shape index (κ1) is 11.9. The first-order valence-corrected chi connectivity index (χ1v) is 6.36. The number of rotatable bonds is 4. The van der Waals surface area contributed by atoms with E-state index in [0.29, 0.717) is 11.8 Å². The van der Waals surface area contributed by atoms with E-state index < -0.39 is 0 Å². The van der Waals surface area contributed by atoms with E-state index in [1.165, 1.54) is 18.5 Å². The highest BCUT2D eigenvalue weighted by molar-refractivity contribution is 8.02. The molecule has 2 N–H and O–H groups in total. The number of hydrogen-bond donors (Lipinski definition) is 1. The van der Waals surface area contributed by atoms with Crippen LogP contribution in [0.25, 0.3) is 0 Å². The Kier molecular flexibility index (Phi) is 4.32. The van der Waals surface area contributed by atoms with Crippen LogP contribution in [0.3, 0.4) is 0 Å². The highest BCUT2D eigenvalue weighted by Gasteiger charge is 2.27. The molecule has 3 heteroatoms. The van der Waals surface area contributed by atoms with Crippen LogP contribution in [0.2, 0.25) is 0 Å². The maximum absolute atomic E-state index is 5.94. The smallest absolute Gasteiger partial charge is 0.129 e. The van der Waals surface area contributed by atoms with Crippen molar-refractivity contribution >= 4 is 11.8 Å². The molecule has 0 bridgehead atoms. The van der Waals surface area contributed by atoms with Gasteiger partial charge in [-0.15, -0.1) is 0 Å². The molecule has 2 nitrogen and oxygen atoms in total. The number of hydrogen-bond acceptors (Lipinski definition) is 3. The van der Waals surface area contributed by atoms with Crippen molar-refractivity contribution in [2.45, 2.75) is 39.1 Å². The normalized spacial score (nSPS) is 24.3. The van der Waals surface area contributed by atoms with Crippen LogP contribution in [0.15, 0.2) is 11.1 Å². The molecule has 0 aromatic heterocycles. The highest BCUT2D eigenvalue weighted by Crippen LogP contribution is 2.36. The summed E-state index contributed by atoms with van der Waals surface area (Å²) in [7, 11) is 2.10. The zero-order valence-electron chi connectivity index (χ0n) is 9.66. The van der Waals surface area contributed by atoms with Gasteiger partial charge in [0, 0.05) is 18.7 Å². The molecule has 2 unspecified atom stereocenters. The summed E-state index contributed by atoms with van der Waals surface area (Å²) in [5.41, 5.74) is 7.50. The molecule has 0 amide bonds. The molecule has 1 heterocycles. The summed E-state index contributed by atoms with van der Waals surface area (Å²) >= 11 is 1.73. The van der Waals surface area contributed by atoms with Gasteiger partial charge in [0.1, 0.15) is 5.50 Å². The molecule has 0 aromatic carbocycles. The van der Waals surface area contributed by atoms with E-state index in [2.05, 4.69) is 38.1 Å². The Morgan fingerprint density at radius 1 is 1.57 bits per heavy atom. The Labute approximate surface area is 91.9 Å². The molecule has 1 rings (SSSR count). The molecule has 0 radical (unpaired) electrons. The molecule has 2 atom stereocenters. The monoisotopic (exact) mass is 214 g/mol. The third-order valence-electron chi connectivity index (χ3n) is 2.90. The van der Waals surface area contributed by atoms with Crippen molar-refractivity contribution < 1.29 is 0 Å². The van der Waals surface area contributed by atoms with E-state index in [4.69, 9.17) is 5.73 Å². The van der Waals surface area contributed by atoms with Crippen LogP contribution in [0.5, 0.6) is 0 Å². The van der Waals surface area contributed by atoms with E-state index in [1.807, 2.05) is 0 Å². The molecule has 0 saturated heterocycles. The summed E-state index contributed by atoms with van der Waals surface area (Å²) in [4.78, 5) is 2.21. The van der Waals surface area contributed by atoms with Crippen molar-refractivity contribution in [1.82, 2.24) is 4.90 Å². The number of allylic oxidation sites excluding steroid dienone is 1. The largest absolute Gasteiger partial charge is 0.353 e. The molecule has 1 aliphatic heterocycles. The number of thioether (sulfide) groups is 1. The van der Waals surface area contributed by atoms with E-state index in [0.717, 1.165) is 0 Å². The Morgan fingerprint density at radius 2 is 2.21 bits per heavy atom. The number of nitrogens with zero attached hydrogens (tertiary/aromatic N) is 1. The Balaban J connectivity index is 2.69. The van der Waals surface area contributed by atoms with Crippen molar-refractivity contribution in [2.24, 2.45) is 17.6 Å². The maximum atomic E-state index is 5.94. The van der Waals surface area contributed by atoms with Gasteiger partial charge in [0.25, 0.3) is 0 Å². The van der Waals surface area contributed by atoms with Crippen LogP contribution >= 0.6 is 11.8 Å². The molecule has 0 aromatic rings. The SMILES string of the molecule is CCCC(C1=CSC(N)N1C)C(C)C. The molecule has 0 spiro atoms. The highest BCUT2D eigenvalue weighted by atomic mass is 32.2. The summed E-state index contributed by atoms with van der Waals surface area (Å²) in [6.45, 7) is 6.84. The van der Waals surface area contributed by atoms with Crippen LogP contribution in [-0.4, -0.2) is 17.4 Å². The van der Waals surface area contributed by atoms with Crippen LogP contribution in [0.1, 0.15) is 33.6 Å². The standard InChI is InChI=1S/C11H22N2S/c1-5-6-9(8(2)3)10-7-14-11(12)13(10)4/h7-9,11H,5-6,12H2,1-4H3. The van der Waals surface area contributed by atoms with Crippen molar-refractivity contribution in [1.29, 1.82) is 0 Å². The second kappa shape index (κ2) is 5.08. The Bertz CT molecular complexity index is 213. The predicted octanol–water partition coefficient (Wildman–Crippen LogP) is 2.82. The number of nitrogens with two attached hydrogens (primary N) is 1. The maximum Gasteiger partial charge on any atom is 0.129 e. The first-order chi connectivity index (χ1) is 6.57. The first-order valence-electron chi connectivity index (χ1n) is 5.41. The minimum Gasteiger partial charge on any atom is -0.353 e. The average Bonchev–Trinajstić information content (AvgIpc) is 2.44. The summed E-state index contributed by atoms with van der Waals surface area (Å²) in [6, 6.07) is 0. The van der Waals surface area contributed by atoms with Gasteiger partial charge in [0.2, 0.25) is 0 Å². The average molecular weight is 214 g/mol. The van der Waals surface area contributed by atoms with Gasteiger partial charge in [-0.3, -0.25) is 0 Å². The molecule has 1 aliphatic rings. The lowest BCUT2D eigenvalue weighted by molar-refractivity contribution is 0.295. The zero-order chi connectivity index (χ0) is 10.7. The topological polar surface area (TPSA) is 29.3 Å². The fraction of sp³-hybridized carbons (Fsp3) is 0.818. The zero-order valence-corrected chi connectivity index (χ0v) is 10.5. The van der Waals surface area contributed by atoms with Crippen LogP contribution in [-0.2, 0) is 0 Å². The molecular weight excluding hydrogens is 192 g/mol. The fourth-order valence-electron chi connectivity index (χ4n) is 1.94. The van der Waals surface area contributed by atoms with E-state index >= 15 is 0 Å². The van der Waals surface area contributed by atoms with Gasteiger partial charge >= 0.3 is 0 Å². The van der Waals surface area contributed by atoms with Crippen molar-refractivity contribution in [3.05, 3.63) is 11.1 Å². The molecule has 0 fully saturated rings. The van der Waals surface area contributed by atoms with Crippen LogP contribution in [0.4, 0.5) is 0 Å².